The van der Waals surface area contributed by atoms with E-state index in [0.29, 0.717) is 12.1 Å². The number of aryl methyl sites for hydroxylation is 1. The third kappa shape index (κ3) is 1.55. The predicted octanol–water partition coefficient (Wildman–Crippen LogP) is 1.08. The Hall–Kier alpha value is -1.58. The fourth-order valence-electron chi connectivity index (χ4n) is 1.49. The Labute approximate surface area is 81.8 Å². The van der Waals surface area contributed by atoms with Gasteiger partial charge in [-0.15, -0.1) is 0 Å². The first-order chi connectivity index (χ1) is 6.49. The Morgan fingerprint density at radius 1 is 1.57 bits per heavy atom. The molecule has 0 aliphatic heterocycles. The van der Waals surface area contributed by atoms with Crippen LogP contribution in [0.2, 0.25) is 0 Å². The maximum Gasteiger partial charge on any atom is 0.253 e. The van der Waals surface area contributed by atoms with Gasteiger partial charge in [0.2, 0.25) is 5.88 Å². The van der Waals surface area contributed by atoms with Crippen LogP contribution in [-0.4, -0.2) is 15.5 Å². The van der Waals surface area contributed by atoms with E-state index >= 15 is 0 Å². The number of hydrogen-bond donors (Lipinski definition) is 1. The fraction of sp³-hybridized carbons (Fsp3) is 0.400. The van der Waals surface area contributed by atoms with Crippen molar-refractivity contribution in [2.45, 2.75) is 27.3 Å². The molecule has 0 unspecified atom stereocenters. The van der Waals surface area contributed by atoms with Gasteiger partial charge >= 0.3 is 0 Å². The van der Waals surface area contributed by atoms with Gasteiger partial charge in [0.15, 0.2) is 5.78 Å². The lowest BCUT2D eigenvalue weighted by atomic mass is 10.1. The third-order valence-corrected chi connectivity index (χ3v) is 2.15. The topological polar surface area (TPSA) is 59.3 Å². The predicted molar refractivity (Wildman–Crippen MR) is 52.8 cm³/mol. The second-order valence-electron chi connectivity index (χ2n) is 3.16. The van der Waals surface area contributed by atoms with Crippen LogP contribution in [0.1, 0.15) is 29.8 Å². The number of pyridine rings is 1. The molecule has 14 heavy (non-hydrogen) atoms. The summed E-state index contributed by atoms with van der Waals surface area (Å²) in [4.78, 5) is 22.5. The van der Waals surface area contributed by atoms with Crippen LogP contribution in [0.3, 0.4) is 0 Å². The van der Waals surface area contributed by atoms with Crippen molar-refractivity contribution in [2.75, 3.05) is 0 Å². The Bertz CT molecular complexity index is 432. The number of hydrogen-bond acceptors (Lipinski definition) is 3. The molecule has 1 heterocycles. The molecule has 0 fully saturated rings. The smallest absolute Gasteiger partial charge is 0.253 e. The molecule has 0 aliphatic carbocycles. The molecule has 0 aliphatic rings. The van der Waals surface area contributed by atoms with Gasteiger partial charge in [-0.1, -0.05) is 0 Å². The van der Waals surface area contributed by atoms with E-state index < -0.39 is 0 Å². The average Bonchev–Trinajstić information content (AvgIpc) is 2.02. The SMILES string of the molecule is CCn1c(O)c(C(C)=O)c(C)cc1=O. The molecule has 1 aromatic rings. The second kappa shape index (κ2) is 3.65. The summed E-state index contributed by atoms with van der Waals surface area (Å²) in [6.45, 7) is 5.09. The first-order valence-corrected chi connectivity index (χ1v) is 4.43. The molecule has 0 amide bonds. The van der Waals surface area contributed by atoms with Crippen molar-refractivity contribution in [3.8, 4) is 5.88 Å². The summed E-state index contributed by atoms with van der Waals surface area (Å²) >= 11 is 0. The Kier molecular flexibility index (Phi) is 2.74. The van der Waals surface area contributed by atoms with E-state index in [1.165, 1.54) is 17.6 Å². The summed E-state index contributed by atoms with van der Waals surface area (Å²) in [5, 5.41) is 9.66. The molecular formula is C10H13NO3. The minimum absolute atomic E-state index is 0.228. The molecule has 1 N–H and O–H groups in total. The zero-order chi connectivity index (χ0) is 10.9. The number of Topliss-reactive ketones (excluding diaryl/α,β-unsaturated/α-hetero) is 1. The van der Waals surface area contributed by atoms with Crippen molar-refractivity contribution in [3.05, 3.63) is 27.5 Å². The van der Waals surface area contributed by atoms with Gasteiger partial charge in [0, 0.05) is 12.6 Å². The maximum atomic E-state index is 11.4. The highest BCUT2D eigenvalue weighted by Crippen LogP contribution is 2.18. The van der Waals surface area contributed by atoms with Gasteiger partial charge in [-0.2, -0.15) is 0 Å². The number of ketones is 1. The number of aromatic hydroxyl groups is 1. The minimum Gasteiger partial charge on any atom is -0.494 e. The molecule has 0 bridgehead atoms. The lowest BCUT2D eigenvalue weighted by Crippen LogP contribution is -2.21. The van der Waals surface area contributed by atoms with Crippen molar-refractivity contribution in [1.29, 1.82) is 0 Å². The Morgan fingerprint density at radius 2 is 2.14 bits per heavy atom. The summed E-state index contributed by atoms with van der Waals surface area (Å²) < 4.78 is 1.17. The molecule has 1 rings (SSSR count). The van der Waals surface area contributed by atoms with E-state index in [0.717, 1.165) is 0 Å². The van der Waals surface area contributed by atoms with Crippen molar-refractivity contribution >= 4 is 5.78 Å². The third-order valence-electron chi connectivity index (χ3n) is 2.15. The molecule has 1 aromatic heterocycles. The number of rotatable bonds is 2. The molecule has 0 atom stereocenters. The second-order valence-corrected chi connectivity index (χ2v) is 3.16. The van der Waals surface area contributed by atoms with Crippen molar-refractivity contribution in [2.24, 2.45) is 0 Å². The van der Waals surface area contributed by atoms with Gasteiger partial charge in [0.05, 0.1) is 5.56 Å². The average molecular weight is 195 g/mol. The van der Waals surface area contributed by atoms with Crippen LogP contribution >= 0.6 is 0 Å². The lowest BCUT2D eigenvalue weighted by molar-refractivity contribution is 0.101. The molecular weight excluding hydrogens is 182 g/mol. The van der Waals surface area contributed by atoms with Crippen LogP contribution < -0.4 is 5.56 Å². The summed E-state index contributed by atoms with van der Waals surface area (Å²) in [6.07, 6.45) is 0. The summed E-state index contributed by atoms with van der Waals surface area (Å²) in [5.41, 5.74) is 0.462. The molecule has 4 nitrogen and oxygen atoms in total. The van der Waals surface area contributed by atoms with Crippen LogP contribution in [0.4, 0.5) is 0 Å². The van der Waals surface area contributed by atoms with E-state index in [1.54, 1.807) is 13.8 Å². The molecule has 0 aromatic carbocycles. The van der Waals surface area contributed by atoms with Gasteiger partial charge in [-0.25, -0.2) is 0 Å². The number of carbonyl (C=O) groups is 1. The molecule has 76 valence electrons. The Morgan fingerprint density at radius 3 is 2.57 bits per heavy atom. The molecule has 0 saturated heterocycles. The maximum absolute atomic E-state index is 11.4. The quantitative estimate of drug-likeness (QED) is 0.718. The number of carbonyl (C=O) groups excluding carboxylic acids is 1. The number of nitrogens with zero attached hydrogens (tertiary/aromatic N) is 1. The first kappa shape index (κ1) is 10.5. The highest BCUT2D eigenvalue weighted by atomic mass is 16.3. The van der Waals surface area contributed by atoms with Crippen LogP contribution in [0.5, 0.6) is 5.88 Å². The highest BCUT2D eigenvalue weighted by molar-refractivity contribution is 5.97. The van der Waals surface area contributed by atoms with Gasteiger partial charge < -0.3 is 5.11 Å². The van der Waals surface area contributed by atoms with Crippen LogP contribution in [0, 0.1) is 6.92 Å². The van der Waals surface area contributed by atoms with E-state index in [-0.39, 0.29) is 22.8 Å². The van der Waals surface area contributed by atoms with Gasteiger partial charge in [0.1, 0.15) is 0 Å². The van der Waals surface area contributed by atoms with Gasteiger partial charge in [-0.05, 0) is 26.3 Å². The lowest BCUT2D eigenvalue weighted by Gasteiger charge is -2.10. The molecule has 4 heteroatoms. The fourth-order valence-corrected chi connectivity index (χ4v) is 1.49. The Balaban J connectivity index is 3.60. The van der Waals surface area contributed by atoms with E-state index in [9.17, 15) is 14.7 Å². The van der Waals surface area contributed by atoms with Crippen molar-refractivity contribution in [3.63, 3.8) is 0 Å². The standard InChI is InChI=1S/C10H13NO3/c1-4-11-8(13)5-6(2)9(7(3)12)10(11)14/h5,14H,4H2,1-3H3. The van der Waals surface area contributed by atoms with E-state index in [1.807, 2.05) is 0 Å². The monoisotopic (exact) mass is 195 g/mol. The van der Waals surface area contributed by atoms with E-state index in [2.05, 4.69) is 0 Å². The largest absolute Gasteiger partial charge is 0.494 e. The molecule has 0 saturated carbocycles. The van der Waals surface area contributed by atoms with Crippen molar-refractivity contribution < 1.29 is 9.90 Å². The zero-order valence-electron chi connectivity index (χ0n) is 8.50. The summed E-state index contributed by atoms with van der Waals surface area (Å²) in [7, 11) is 0. The van der Waals surface area contributed by atoms with Crippen LogP contribution in [-0.2, 0) is 6.54 Å². The summed E-state index contributed by atoms with van der Waals surface area (Å²) in [6, 6.07) is 1.36. The first-order valence-electron chi connectivity index (χ1n) is 4.43. The normalized spacial score (nSPS) is 10.2. The highest BCUT2D eigenvalue weighted by Gasteiger charge is 2.14. The number of aromatic nitrogens is 1. The minimum atomic E-state index is -0.285. The van der Waals surface area contributed by atoms with Gasteiger partial charge in [0.25, 0.3) is 5.56 Å². The van der Waals surface area contributed by atoms with Crippen LogP contribution in [0.25, 0.3) is 0 Å². The zero-order valence-corrected chi connectivity index (χ0v) is 8.50. The molecule has 0 spiro atoms. The molecule has 0 radical (unpaired) electrons. The van der Waals surface area contributed by atoms with E-state index in [4.69, 9.17) is 0 Å². The summed E-state index contributed by atoms with van der Waals surface area (Å²) in [5.74, 6) is -0.466. The van der Waals surface area contributed by atoms with Crippen molar-refractivity contribution in [1.82, 2.24) is 4.57 Å². The van der Waals surface area contributed by atoms with Crippen LogP contribution in [0.15, 0.2) is 10.9 Å². The van der Waals surface area contributed by atoms with Gasteiger partial charge in [-0.3, -0.25) is 14.2 Å².